The predicted octanol–water partition coefficient (Wildman–Crippen LogP) is 4.25. The second-order valence-corrected chi connectivity index (χ2v) is 5.40. The number of hydrogen-bond donors (Lipinski definition) is 1. The Kier molecular flexibility index (Phi) is 3.83. The average Bonchev–Trinajstić information content (AvgIpc) is 2.97. The zero-order chi connectivity index (χ0) is 13.8. The topological polar surface area (TPSA) is 29.9 Å². The summed E-state index contributed by atoms with van der Waals surface area (Å²) in [6.07, 6.45) is 3.83. The molecule has 20 heavy (non-hydrogen) atoms. The van der Waals surface area contributed by atoms with E-state index in [4.69, 9.17) is 0 Å². The van der Waals surface area contributed by atoms with E-state index >= 15 is 0 Å². The molecule has 1 heterocycles. The first-order chi connectivity index (χ1) is 9.81. The third-order valence-electron chi connectivity index (χ3n) is 3.01. The smallest absolute Gasteiger partial charge is 0.0733 e. The second-order valence-electron chi connectivity index (χ2n) is 4.49. The van der Waals surface area contributed by atoms with Crippen LogP contribution in [-0.4, -0.2) is 9.78 Å². The lowest BCUT2D eigenvalue weighted by Gasteiger charge is -2.04. The van der Waals surface area contributed by atoms with Crippen LogP contribution >= 0.6 is 15.9 Å². The zero-order valence-corrected chi connectivity index (χ0v) is 12.4. The number of hydrogen-bond acceptors (Lipinski definition) is 2. The van der Waals surface area contributed by atoms with Gasteiger partial charge >= 0.3 is 0 Å². The van der Waals surface area contributed by atoms with Gasteiger partial charge in [0.2, 0.25) is 0 Å². The van der Waals surface area contributed by atoms with Crippen molar-refractivity contribution in [3.8, 4) is 5.69 Å². The van der Waals surface area contributed by atoms with Crippen molar-refractivity contribution in [3.05, 3.63) is 77.0 Å². The molecule has 0 aliphatic carbocycles. The molecular weight excluding hydrogens is 314 g/mol. The third-order valence-corrected chi connectivity index (χ3v) is 3.54. The van der Waals surface area contributed by atoms with Crippen molar-refractivity contribution in [1.29, 1.82) is 0 Å². The Balaban J connectivity index is 1.67. The number of halogens is 1. The highest BCUT2D eigenvalue weighted by atomic mass is 79.9. The maximum atomic E-state index is 4.36. The quantitative estimate of drug-likeness (QED) is 0.776. The Bertz CT molecular complexity index is 674. The van der Waals surface area contributed by atoms with Gasteiger partial charge in [-0.25, -0.2) is 4.68 Å². The van der Waals surface area contributed by atoms with E-state index in [1.807, 2.05) is 59.5 Å². The molecule has 0 bridgehead atoms. The fourth-order valence-electron chi connectivity index (χ4n) is 1.94. The number of benzene rings is 2. The van der Waals surface area contributed by atoms with E-state index in [0.29, 0.717) is 0 Å². The van der Waals surface area contributed by atoms with Gasteiger partial charge in [0.1, 0.15) is 0 Å². The van der Waals surface area contributed by atoms with E-state index in [0.717, 1.165) is 22.4 Å². The van der Waals surface area contributed by atoms with Gasteiger partial charge < -0.3 is 5.32 Å². The SMILES string of the molecule is Brc1ccc(CNc2cnn(-c3ccccc3)c2)cc1. The van der Waals surface area contributed by atoms with Crippen molar-refractivity contribution in [2.45, 2.75) is 6.54 Å². The molecule has 100 valence electrons. The first-order valence-electron chi connectivity index (χ1n) is 6.40. The Morgan fingerprint density at radius 2 is 1.75 bits per heavy atom. The molecule has 0 aliphatic rings. The van der Waals surface area contributed by atoms with Crippen LogP contribution in [0.1, 0.15) is 5.56 Å². The van der Waals surface area contributed by atoms with E-state index in [1.165, 1.54) is 5.56 Å². The number of nitrogens with one attached hydrogen (secondary N) is 1. The monoisotopic (exact) mass is 327 g/mol. The van der Waals surface area contributed by atoms with Crippen LogP contribution in [0, 0.1) is 0 Å². The molecular formula is C16H14BrN3. The molecule has 3 nitrogen and oxygen atoms in total. The summed E-state index contributed by atoms with van der Waals surface area (Å²) in [5.74, 6) is 0. The van der Waals surface area contributed by atoms with E-state index < -0.39 is 0 Å². The Hall–Kier alpha value is -2.07. The van der Waals surface area contributed by atoms with Crippen molar-refractivity contribution < 1.29 is 0 Å². The van der Waals surface area contributed by atoms with E-state index in [1.54, 1.807) is 0 Å². The summed E-state index contributed by atoms with van der Waals surface area (Å²) in [5.41, 5.74) is 3.31. The zero-order valence-electron chi connectivity index (χ0n) is 10.8. The number of anilines is 1. The van der Waals surface area contributed by atoms with E-state index in [9.17, 15) is 0 Å². The summed E-state index contributed by atoms with van der Waals surface area (Å²) in [6, 6.07) is 18.4. The molecule has 0 saturated heterocycles. The number of nitrogens with zero attached hydrogens (tertiary/aromatic N) is 2. The number of para-hydroxylation sites is 1. The molecule has 1 aromatic heterocycles. The highest BCUT2D eigenvalue weighted by Crippen LogP contribution is 2.14. The molecule has 0 aliphatic heterocycles. The highest BCUT2D eigenvalue weighted by Gasteiger charge is 2.00. The first-order valence-corrected chi connectivity index (χ1v) is 7.19. The molecule has 0 unspecified atom stereocenters. The van der Waals surface area contributed by atoms with E-state index in [2.05, 4.69) is 38.5 Å². The lowest BCUT2D eigenvalue weighted by molar-refractivity contribution is 0.880. The second kappa shape index (κ2) is 5.92. The van der Waals surface area contributed by atoms with Crippen molar-refractivity contribution in [2.75, 3.05) is 5.32 Å². The van der Waals surface area contributed by atoms with Gasteiger partial charge in [0, 0.05) is 11.0 Å². The van der Waals surface area contributed by atoms with E-state index in [-0.39, 0.29) is 0 Å². The summed E-state index contributed by atoms with van der Waals surface area (Å²) in [6.45, 7) is 0.785. The fourth-order valence-corrected chi connectivity index (χ4v) is 2.21. The van der Waals surface area contributed by atoms with Crippen LogP contribution in [0.2, 0.25) is 0 Å². The molecule has 0 amide bonds. The number of aromatic nitrogens is 2. The summed E-state index contributed by atoms with van der Waals surface area (Å²) >= 11 is 3.44. The minimum Gasteiger partial charge on any atom is -0.378 e. The molecule has 1 N–H and O–H groups in total. The van der Waals surface area contributed by atoms with Gasteiger partial charge in [-0.05, 0) is 29.8 Å². The van der Waals surface area contributed by atoms with Crippen LogP contribution in [0.5, 0.6) is 0 Å². The Morgan fingerprint density at radius 3 is 2.50 bits per heavy atom. The number of rotatable bonds is 4. The van der Waals surface area contributed by atoms with Gasteiger partial charge in [-0.3, -0.25) is 0 Å². The largest absolute Gasteiger partial charge is 0.378 e. The molecule has 3 aromatic rings. The van der Waals surface area contributed by atoms with Crippen LogP contribution in [-0.2, 0) is 6.54 Å². The van der Waals surface area contributed by atoms with Gasteiger partial charge in [0.05, 0.1) is 23.8 Å². The molecule has 0 fully saturated rings. The van der Waals surface area contributed by atoms with Gasteiger partial charge in [0.15, 0.2) is 0 Å². The minimum atomic E-state index is 0.785. The van der Waals surface area contributed by atoms with Crippen molar-refractivity contribution in [1.82, 2.24) is 9.78 Å². The maximum absolute atomic E-state index is 4.36. The third kappa shape index (κ3) is 3.08. The van der Waals surface area contributed by atoms with Crippen LogP contribution in [0.3, 0.4) is 0 Å². The molecule has 3 rings (SSSR count). The van der Waals surface area contributed by atoms with Gasteiger partial charge in [-0.2, -0.15) is 5.10 Å². The molecule has 4 heteroatoms. The Labute approximate surface area is 126 Å². The summed E-state index contributed by atoms with van der Waals surface area (Å²) in [5, 5.41) is 7.73. The molecule has 0 saturated carbocycles. The van der Waals surface area contributed by atoms with Crippen molar-refractivity contribution in [3.63, 3.8) is 0 Å². The molecule has 0 radical (unpaired) electrons. The summed E-state index contributed by atoms with van der Waals surface area (Å²) in [4.78, 5) is 0. The van der Waals surface area contributed by atoms with Crippen molar-refractivity contribution >= 4 is 21.6 Å². The van der Waals surface area contributed by atoms with Crippen LogP contribution in [0.15, 0.2) is 71.5 Å². The van der Waals surface area contributed by atoms with Gasteiger partial charge in [0.25, 0.3) is 0 Å². The normalized spacial score (nSPS) is 10.4. The minimum absolute atomic E-state index is 0.785. The van der Waals surface area contributed by atoms with Gasteiger partial charge in [-0.15, -0.1) is 0 Å². The lowest BCUT2D eigenvalue weighted by atomic mass is 10.2. The first kappa shape index (κ1) is 12.9. The van der Waals surface area contributed by atoms with Gasteiger partial charge in [-0.1, -0.05) is 46.3 Å². The standard InChI is InChI=1S/C16H14BrN3/c17-14-8-6-13(7-9-14)10-18-15-11-19-20(12-15)16-4-2-1-3-5-16/h1-9,11-12,18H,10H2. The van der Waals surface area contributed by atoms with Crippen LogP contribution in [0.25, 0.3) is 5.69 Å². The average molecular weight is 328 g/mol. The predicted molar refractivity (Wildman–Crippen MR) is 85.0 cm³/mol. The molecule has 0 spiro atoms. The summed E-state index contributed by atoms with van der Waals surface area (Å²) < 4.78 is 2.96. The van der Waals surface area contributed by atoms with Crippen molar-refractivity contribution in [2.24, 2.45) is 0 Å². The fraction of sp³-hybridized carbons (Fsp3) is 0.0625. The van der Waals surface area contributed by atoms with Crippen LogP contribution < -0.4 is 5.32 Å². The summed E-state index contributed by atoms with van der Waals surface area (Å²) in [7, 11) is 0. The van der Waals surface area contributed by atoms with Crippen LogP contribution in [0.4, 0.5) is 5.69 Å². The lowest BCUT2D eigenvalue weighted by Crippen LogP contribution is -1.98. The Morgan fingerprint density at radius 1 is 1.00 bits per heavy atom. The highest BCUT2D eigenvalue weighted by molar-refractivity contribution is 9.10. The molecule has 2 aromatic carbocycles. The molecule has 0 atom stereocenters. The maximum Gasteiger partial charge on any atom is 0.0733 e.